The molecule has 1 aromatic heterocycles. The van der Waals surface area contributed by atoms with Crippen molar-refractivity contribution in [3.05, 3.63) is 105 Å². The largest absolute Gasteiger partial charge is 0.464 e. The van der Waals surface area contributed by atoms with E-state index in [4.69, 9.17) is 9.25 Å². The van der Waals surface area contributed by atoms with Crippen LogP contribution in [0.5, 0.6) is 0 Å². The van der Waals surface area contributed by atoms with Crippen LogP contribution in [-0.4, -0.2) is 17.9 Å². The van der Waals surface area contributed by atoms with E-state index in [0.717, 1.165) is 9.37 Å². The minimum atomic E-state index is -1.06. The molecule has 3 heterocycles. The number of hydrogen-bond donors (Lipinski definition) is 0. The van der Waals surface area contributed by atoms with Gasteiger partial charge in [-0.25, -0.2) is 9.96 Å². The molecule has 0 unspecified atom stereocenters. The topological polar surface area (TPSA) is 80.1 Å². The second kappa shape index (κ2) is 7.93. The monoisotopic (exact) mass is 516 g/mol. The van der Waals surface area contributed by atoms with Gasteiger partial charge in [-0.3, -0.25) is 19.2 Å². The van der Waals surface area contributed by atoms with Gasteiger partial charge in [0.1, 0.15) is 23.8 Å². The van der Waals surface area contributed by atoms with E-state index in [9.17, 15) is 14.4 Å². The molecule has 2 saturated heterocycles. The van der Waals surface area contributed by atoms with Gasteiger partial charge in [0.05, 0.1) is 22.3 Å². The van der Waals surface area contributed by atoms with Crippen molar-refractivity contribution in [1.82, 2.24) is 0 Å². The molecule has 0 saturated carbocycles. The highest BCUT2D eigenvalue weighted by Crippen LogP contribution is 2.47. The Balaban J connectivity index is 1.52. The number of benzene rings is 3. The minimum absolute atomic E-state index is 0.248. The lowest BCUT2D eigenvalue weighted by Crippen LogP contribution is -2.38. The molecule has 0 N–H and O–H groups in total. The molecule has 2 aliphatic rings. The first kappa shape index (κ1) is 20.8. The zero-order valence-electron chi connectivity index (χ0n) is 17.6. The van der Waals surface area contributed by atoms with E-state index >= 15 is 0 Å². The number of carbonyl (C=O) groups is 2. The number of para-hydroxylation sites is 2. The Morgan fingerprint density at radius 3 is 2.18 bits per heavy atom. The third kappa shape index (κ3) is 3.10. The summed E-state index contributed by atoms with van der Waals surface area (Å²) < 4.78 is 6.51. The van der Waals surface area contributed by atoms with Gasteiger partial charge in [0.15, 0.2) is 11.5 Å². The average molecular weight is 517 g/mol. The minimum Gasteiger partial charge on any atom is -0.464 e. The van der Waals surface area contributed by atoms with Gasteiger partial charge in [-0.15, -0.1) is 0 Å². The molecule has 4 aromatic rings. The lowest BCUT2D eigenvalue weighted by Gasteiger charge is -2.28. The first-order chi connectivity index (χ1) is 16.5. The number of nitrogens with zero attached hydrogens (tertiary/aromatic N) is 2. The van der Waals surface area contributed by atoms with Crippen LogP contribution in [0.25, 0.3) is 11.0 Å². The number of anilines is 2. The molecule has 0 radical (unpaired) electrons. The summed E-state index contributed by atoms with van der Waals surface area (Å²) >= 11 is 3.40. The first-order valence-electron chi connectivity index (χ1n) is 10.7. The summed E-state index contributed by atoms with van der Waals surface area (Å²) in [5.41, 5.74) is 1.49. The Morgan fingerprint density at radius 1 is 0.794 bits per heavy atom. The van der Waals surface area contributed by atoms with Gasteiger partial charge < -0.3 is 4.42 Å². The Kier molecular flexibility index (Phi) is 4.86. The molecule has 3 aromatic carbocycles. The number of hydroxylamine groups is 1. The molecular formula is C26H17BrN2O5. The van der Waals surface area contributed by atoms with E-state index in [2.05, 4.69) is 15.9 Å². The molecule has 3 atom stereocenters. The van der Waals surface area contributed by atoms with Crippen LogP contribution in [0.2, 0.25) is 0 Å². The summed E-state index contributed by atoms with van der Waals surface area (Å²) in [6, 6.07) is 22.1. The van der Waals surface area contributed by atoms with Crippen LogP contribution in [0.15, 0.2) is 98.8 Å². The Bertz CT molecular complexity index is 1490. The van der Waals surface area contributed by atoms with Crippen LogP contribution in [-0.2, 0) is 14.4 Å². The second-order valence-electron chi connectivity index (χ2n) is 8.17. The van der Waals surface area contributed by atoms with E-state index in [-0.39, 0.29) is 11.0 Å². The summed E-state index contributed by atoms with van der Waals surface area (Å²) in [7, 11) is 0. The number of hydrogen-bond acceptors (Lipinski definition) is 6. The van der Waals surface area contributed by atoms with Crippen LogP contribution < -0.4 is 15.4 Å². The number of carbonyl (C=O) groups excluding carboxylic acids is 2. The molecule has 2 amide bonds. The van der Waals surface area contributed by atoms with E-state index < -0.39 is 29.9 Å². The second-order valence-corrected chi connectivity index (χ2v) is 9.08. The van der Waals surface area contributed by atoms with Crippen molar-refractivity contribution in [1.29, 1.82) is 0 Å². The Labute approximate surface area is 202 Å². The molecule has 0 bridgehead atoms. The molecule has 34 heavy (non-hydrogen) atoms. The highest BCUT2D eigenvalue weighted by molar-refractivity contribution is 9.10. The van der Waals surface area contributed by atoms with Crippen molar-refractivity contribution in [3.8, 4) is 0 Å². The smallest absolute Gasteiger partial charge is 0.266 e. The average Bonchev–Trinajstić information content (AvgIpc) is 3.36. The van der Waals surface area contributed by atoms with Crippen molar-refractivity contribution in [2.45, 2.75) is 12.1 Å². The SMILES string of the molecule is O=C1[C@H]2[C@H](ON(c3ccccc3)[C@@H]2c2coc3ccc(Br)cc3c2=O)C(=O)N1c1ccccc1. The number of imide groups is 1. The number of fused-ring (bicyclic) bond motifs is 2. The van der Waals surface area contributed by atoms with Crippen LogP contribution in [0.3, 0.4) is 0 Å². The molecule has 8 heteroatoms. The molecule has 0 aliphatic carbocycles. The number of amides is 2. The molecule has 2 aliphatic heterocycles. The van der Waals surface area contributed by atoms with Gasteiger partial charge in [0.2, 0.25) is 5.91 Å². The predicted octanol–water partition coefficient (Wildman–Crippen LogP) is 4.61. The fraction of sp³-hybridized carbons (Fsp3) is 0.115. The van der Waals surface area contributed by atoms with Crippen molar-refractivity contribution in [2.24, 2.45) is 5.92 Å². The van der Waals surface area contributed by atoms with Crippen molar-refractivity contribution in [2.75, 3.05) is 9.96 Å². The standard InChI is InChI=1S/C26H17BrN2O5/c27-15-11-12-20-18(13-15)23(30)19(14-33-20)22-21-24(34-29(22)17-9-5-2-6-10-17)26(32)28(25(21)31)16-7-3-1-4-8-16/h1-14,21-22,24H/t21-,22-,24+/m1/s1. The first-order valence-corrected chi connectivity index (χ1v) is 11.5. The zero-order chi connectivity index (χ0) is 23.4. The molecule has 6 rings (SSSR count). The Morgan fingerprint density at radius 2 is 1.47 bits per heavy atom. The van der Waals surface area contributed by atoms with E-state index in [1.165, 1.54) is 11.3 Å². The van der Waals surface area contributed by atoms with Crippen molar-refractivity contribution in [3.63, 3.8) is 0 Å². The maximum Gasteiger partial charge on any atom is 0.266 e. The summed E-state index contributed by atoms with van der Waals surface area (Å²) in [5.74, 6) is -1.80. The zero-order valence-corrected chi connectivity index (χ0v) is 19.2. The molecule has 2 fully saturated rings. The lowest BCUT2D eigenvalue weighted by atomic mass is 9.91. The molecular weight excluding hydrogens is 500 g/mol. The summed E-state index contributed by atoms with van der Waals surface area (Å²) in [4.78, 5) is 47.8. The number of halogens is 1. The summed E-state index contributed by atoms with van der Waals surface area (Å²) in [6.45, 7) is 0. The third-order valence-electron chi connectivity index (χ3n) is 6.22. The van der Waals surface area contributed by atoms with Gasteiger partial charge in [-0.1, -0.05) is 52.3 Å². The van der Waals surface area contributed by atoms with Crippen LogP contribution >= 0.6 is 15.9 Å². The third-order valence-corrected chi connectivity index (χ3v) is 6.71. The maximum absolute atomic E-state index is 13.6. The van der Waals surface area contributed by atoms with E-state index in [1.807, 2.05) is 24.3 Å². The van der Waals surface area contributed by atoms with Gasteiger partial charge in [0.25, 0.3) is 5.91 Å². The fourth-order valence-electron chi connectivity index (χ4n) is 4.68. The van der Waals surface area contributed by atoms with Crippen LogP contribution in [0.1, 0.15) is 11.6 Å². The maximum atomic E-state index is 13.6. The van der Waals surface area contributed by atoms with Gasteiger partial charge in [-0.2, -0.15) is 0 Å². The lowest BCUT2D eigenvalue weighted by molar-refractivity contribution is -0.126. The Hall–Kier alpha value is -3.75. The summed E-state index contributed by atoms with van der Waals surface area (Å²) in [5, 5.41) is 1.86. The van der Waals surface area contributed by atoms with Crippen molar-refractivity contribution < 1.29 is 18.8 Å². The number of rotatable bonds is 3. The van der Waals surface area contributed by atoms with Gasteiger partial charge in [0, 0.05) is 4.47 Å². The normalized spacial score (nSPS) is 22.0. The van der Waals surface area contributed by atoms with Gasteiger partial charge >= 0.3 is 0 Å². The molecule has 168 valence electrons. The van der Waals surface area contributed by atoms with Crippen LogP contribution in [0.4, 0.5) is 11.4 Å². The molecule has 7 nitrogen and oxygen atoms in total. The highest BCUT2D eigenvalue weighted by atomic mass is 79.9. The van der Waals surface area contributed by atoms with Crippen LogP contribution in [0, 0.1) is 5.92 Å². The fourth-order valence-corrected chi connectivity index (χ4v) is 5.04. The van der Waals surface area contributed by atoms with Gasteiger partial charge in [-0.05, 0) is 42.5 Å². The summed E-state index contributed by atoms with van der Waals surface area (Å²) in [6.07, 6.45) is 0.309. The van der Waals surface area contributed by atoms with E-state index in [1.54, 1.807) is 54.6 Å². The quantitative estimate of drug-likeness (QED) is 0.370. The predicted molar refractivity (Wildman–Crippen MR) is 129 cm³/mol. The molecule has 0 spiro atoms. The van der Waals surface area contributed by atoms with Crippen molar-refractivity contribution >= 4 is 50.1 Å². The van der Waals surface area contributed by atoms with E-state index in [0.29, 0.717) is 22.3 Å². The highest BCUT2D eigenvalue weighted by Gasteiger charge is 2.61.